The Morgan fingerprint density at radius 3 is 2.25 bits per heavy atom. The second-order valence-corrected chi connectivity index (χ2v) is 5.22. The highest BCUT2D eigenvalue weighted by atomic mass is 16.5. The monoisotopic (exact) mass is 320 g/mol. The van der Waals surface area contributed by atoms with Crippen molar-refractivity contribution < 1.29 is 14.3 Å². The molecule has 0 amide bonds. The van der Waals surface area contributed by atoms with Crippen molar-refractivity contribution in [1.82, 2.24) is 9.78 Å². The van der Waals surface area contributed by atoms with Crippen molar-refractivity contribution in [3.63, 3.8) is 0 Å². The maximum Gasteiger partial charge on any atom is 0.357 e. The lowest BCUT2D eigenvalue weighted by Crippen LogP contribution is -2.14. The van der Waals surface area contributed by atoms with Crippen molar-refractivity contribution in [2.45, 2.75) is 6.42 Å². The van der Waals surface area contributed by atoms with E-state index in [9.17, 15) is 9.59 Å². The predicted molar refractivity (Wildman–Crippen MR) is 89.4 cm³/mol. The van der Waals surface area contributed by atoms with Crippen molar-refractivity contribution >= 4 is 11.8 Å². The lowest BCUT2D eigenvalue weighted by Gasteiger charge is -2.08. The lowest BCUT2D eigenvalue weighted by molar-refractivity contribution is 0.0589. The minimum absolute atomic E-state index is 0.0756. The van der Waals surface area contributed by atoms with Crippen LogP contribution in [0.4, 0.5) is 0 Å². The number of esters is 1. The van der Waals surface area contributed by atoms with E-state index in [4.69, 9.17) is 4.74 Å². The SMILES string of the molecule is COC(=O)c1c(CC(=O)c2ccccc2)cnn1-c1ccccc1. The van der Waals surface area contributed by atoms with Gasteiger partial charge in [0.2, 0.25) is 0 Å². The van der Waals surface area contributed by atoms with Crippen LogP contribution in [0.5, 0.6) is 0 Å². The van der Waals surface area contributed by atoms with E-state index in [0.29, 0.717) is 11.1 Å². The van der Waals surface area contributed by atoms with Crippen LogP contribution >= 0.6 is 0 Å². The fraction of sp³-hybridized carbons (Fsp3) is 0.105. The van der Waals surface area contributed by atoms with Gasteiger partial charge in [-0.05, 0) is 12.1 Å². The van der Waals surface area contributed by atoms with E-state index in [2.05, 4.69) is 5.10 Å². The lowest BCUT2D eigenvalue weighted by atomic mass is 10.0. The van der Waals surface area contributed by atoms with Crippen molar-refractivity contribution in [2.24, 2.45) is 0 Å². The number of aromatic nitrogens is 2. The van der Waals surface area contributed by atoms with Crippen molar-refractivity contribution in [3.05, 3.63) is 83.7 Å². The van der Waals surface area contributed by atoms with Gasteiger partial charge in [0, 0.05) is 17.5 Å². The molecule has 0 aliphatic heterocycles. The first-order valence-corrected chi connectivity index (χ1v) is 7.49. The fourth-order valence-corrected chi connectivity index (χ4v) is 2.49. The maximum absolute atomic E-state index is 12.4. The minimum Gasteiger partial charge on any atom is -0.464 e. The number of nitrogens with zero attached hydrogens (tertiary/aromatic N) is 2. The maximum atomic E-state index is 12.4. The van der Waals surface area contributed by atoms with E-state index < -0.39 is 5.97 Å². The van der Waals surface area contributed by atoms with Crippen LogP contribution in [0.2, 0.25) is 0 Å². The molecule has 2 aromatic carbocycles. The predicted octanol–water partition coefficient (Wildman–Crippen LogP) is 3.08. The van der Waals surface area contributed by atoms with Crippen LogP contribution < -0.4 is 0 Å². The van der Waals surface area contributed by atoms with Crippen LogP contribution in [0, 0.1) is 0 Å². The van der Waals surface area contributed by atoms with Gasteiger partial charge in [0.05, 0.1) is 19.0 Å². The molecule has 0 atom stereocenters. The van der Waals surface area contributed by atoms with Gasteiger partial charge in [-0.25, -0.2) is 9.48 Å². The van der Waals surface area contributed by atoms with E-state index in [-0.39, 0.29) is 17.9 Å². The van der Waals surface area contributed by atoms with Crippen LogP contribution in [0.15, 0.2) is 66.9 Å². The van der Waals surface area contributed by atoms with Crippen LogP contribution in [-0.2, 0) is 11.2 Å². The topological polar surface area (TPSA) is 61.2 Å². The zero-order valence-corrected chi connectivity index (χ0v) is 13.2. The smallest absolute Gasteiger partial charge is 0.357 e. The second kappa shape index (κ2) is 6.91. The zero-order valence-electron chi connectivity index (χ0n) is 13.2. The van der Waals surface area contributed by atoms with E-state index in [1.807, 2.05) is 48.5 Å². The Balaban J connectivity index is 1.98. The number of hydrogen-bond acceptors (Lipinski definition) is 4. The molecular weight excluding hydrogens is 304 g/mol. The molecule has 0 N–H and O–H groups in total. The summed E-state index contributed by atoms with van der Waals surface area (Å²) in [5.74, 6) is -0.597. The number of Topliss-reactive ketones (excluding diaryl/α,β-unsaturated/α-hetero) is 1. The molecule has 0 radical (unpaired) electrons. The molecule has 0 fully saturated rings. The average Bonchev–Trinajstić information content (AvgIpc) is 3.06. The molecule has 3 aromatic rings. The van der Waals surface area contributed by atoms with Gasteiger partial charge in [0.15, 0.2) is 11.5 Å². The quantitative estimate of drug-likeness (QED) is 0.535. The summed E-state index contributed by atoms with van der Waals surface area (Å²) >= 11 is 0. The Kier molecular flexibility index (Phi) is 4.52. The molecule has 24 heavy (non-hydrogen) atoms. The molecule has 1 aromatic heterocycles. The highest BCUT2D eigenvalue weighted by Crippen LogP contribution is 2.18. The van der Waals surface area contributed by atoms with Gasteiger partial charge in [-0.3, -0.25) is 4.79 Å². The number of ketones is 1. The summed E-state index contributed by atoms with van der Waals surface area (Å²) in [6.07, 6.45) is 1.63. The molecule has 0 unspecified atom stereocenters. The molecule has 0 bridgehead atoms. The largest absolute Gasteiger partial charge is 0.464 e. The molecule has 3 rings (SSSR count). The van der Waals surface area contributed by atoms with Crippen molar-refractivity contribution in [3.8, 4) is 5.69 Å². The standard InChI is InChI=1S/C19H16N2O3/c1-24-19(23)18-15(12-17(22)14-8-4-2-5-9-14)13-20-21(18)16-10-6-3-7-11-16/h2-11,13H,12H2,1H3. The van der Waals surface area contributed by atoms with Crippen LogP contribution in [-0.4, -0.2) is 28.6 Å². The van der Waals surface area contributed by atoms with Gasteiger partial charge < -0.3 is 4.74 Å². The summed E-state index contributed by atoms with van der Waals surface area (Å²) in [4.78, 5) is 24.6. The number of carbonyl (C=O) groups is 2. The summed E-state index contributed by atoms with van der Waals surface area (Å²) in [6.45, 7) is 0. The fourth-order valence-electron chi connectivity index (χ4n) is 2.49. The Bertz CT molecular complexity index is 855. The van der Waals surface area contributed by atoms with Gasteiger partial charge in [-0.2, -0.15) is 5.10 Å². The van der Waals surface area contributed by atoms with Gasteiger partial charge in [-0.1, -0.05) is 48.5 Å². The third-order valence-electron chi connectivity index (χ3n) is 3.67. The van der Waals surface area contributed by atoms with Crippen molar-refractivity contribution in [2.75, 3.05) is 7.11 Å². The van der Waals surface area contributed by atoms with Gasteiger partial charge in [0.1, 0.15) is 0 Å². The molecule has 0 spiro atoms. The molecule has 0 aliphatic carbocycles. The summed E-state index contributed by atoms with van der Waals surface area (Å²) in [7, 11) is 1.31. The average molecular weight is 320 g/mol. The number of benzene rings is 2. The molecule has 0 aliphatic rings. The highest BCUT2D eigenvalue weighted by Gasteiger charge is 2.22. The van der Waals surface area contributed by atoms with Gasteiger partial charge in [0.25, 0.3) is 0 Å². The Hall–Kier alpha value is -3.21. The third kappa shape index (κ3) is 3.10. The van der Waals surface area contributed by atoms with E-state index in [1.165, 1.54) is 11.8 Å². The first-order valence-electron chi connectivity index (χ1n) is 7.49. The molecule has 1 heterocycles. The molecule has 0 saturated heterocycles. The summed E-state index contributed by atoms with van der Waals surface area (Å²) in [5, 5.41) is 4.27. The number of hydrogen-bond donors (Lipinski definition) is 0. The summed E-state index contributed by atoms with van der Waals surface area (Å²) in [6, 6.07) is 18.2. The zero-order chi connectivity index (χ0) is 16.9. The number of methoxy groups -OCH3 is 1. The molecule has 120 valence electrons. The highest BCUT2D eigenvalue weighted by molar-refractivity contribution is 5.99. The van der Waals surface area contributed by atoms with Crippen LogP contribution in [0.3, 0.4) is 0 Å². The van der Waals surface area contributed by atoms with Crippen LogP contribution in [0.25, 0.3) is 5.69 Å². The number of para-hydroxylation sites is 1. The van der Waals surface area contributed by atoms with Gasteiger partial charge >= 0.3 is 5.97 Å². The van der Waals surface area contributed by atoms with Crippen LogP contribution in [0.1, 0.15) is 26.4 Å². The third-order valence-corrected chi connectivity index (χ3v) is 3.67. The first kappa shape index (κ1) is 15.7. The Morgan fingerprint density at radius 1 is 1.00 bits per heavy atom. The number of carbonyl (C=O) groups excluding carboxylic acids is 2. The Morgan fingerprint density at radius 2 is 1.62 bits per heavy atom. The first-order chi connectivity index (χ1) is 11.7. The summed E-state index contributed by atoms with van der Waals surface area (Å²) < 4.78 is 6.37. The molecule has 5 nitrogen and oxygen atoms in total. The Labute approximate surface area is 139 Å². The normalized spacial score (nSPS) is 10.4. The number of rotatable bonds is 5. The van der Waals surface area contributed by atoms with Crippen molar-refractivity contribution in [1.29, 1.82) is 0 Å². The molecule has 0 saturated carbocycles. The van der Waals surface area contributed by atoms with E-state index in [1.54, 1.807) is 18.3 Å². The second-order valence-electron chi connectivity index (χ2n) is 5.22. The molecule has 5 heteroatoms. The molecular formula is C19H16N2O3. The number of ether oxygens (including phenoxy) is 1. The van der Waals surface area contributed by atoms with Gasteiger partial charge in [-0.15, -0.1) is 0 Å². The van der Waals surface area contributed by atoms with E-state index >= 15 is 0 Å². The van der Waals surface area contributed by atoms with E-state index in [0.717, 1.165) is 5.69 Å². The minimum atomic E-state index is -0.521. The summed E-state index contributed by atoms with van der Waals surface area (Å²) in [5.41, 5.74) is 2.14.